The zero-order chi connectivity index (χ0) is 13.0. The van der Waals surface area contributed by atoms with E-state index in [9.17, 15) is 4.79 Å². The van der Waals surface area contributed by atoms with Gasteiger partial charge in [-0.25, -0.2) is 0 Å². The van der Waals surface area contributed by atoms with Gasteiger partial charge in [0.2, 0.25) is 0 Å². The Morgan fingerprint density at radius 2 is 2.50 bits per heavy atom. The third-order valence-electron chi connectivity index (χ3n) is 3.22. The molecule has 2 unspecified atom stereocenters. The van der Waals surface area contributed by atoms with Crippen molar-refractivity contribution in [2.24, 2.45) is 11.8 Å². The van der Waals surface area contributed by atoms with Gasteiger partial charge in [-0.05, 0) is 25.5 Å². The van der Waals surface area contributed by atoms with Crippen molar-refractivity contribution in [2.75, 3.05) is 18.6 Å². The maximum absolute atomic E-state index is 11.9. The molecule has 2 rings (SSSR count). The molecule has 0 aromatic carbocycles. The molecule has 0 spiro atoms. The van der Waals surface area contributed by atoms with Crippen LogP contribution in [0.25, 0.3) is 0 Å². The second-order valence-corrected chi connectivity index (χ2v) is 4.41. The molecule has 0 saturated carbocycles. The second kappa shape index (κ2) is 5.79. The molecule has 0 aliphatic carbocycles. The molecule has 4 N–H and O–H groups in total. The van der Waals surface area contributed by atoms with Crippen LogP contribution in [-0.4, -0.2) is 30.1 Å². The maximum Gasteiger partial charge on any atom is 0.269 e. The normalized spacial score (nSPS) is 22.8. The van der Waals surface area contributed by atoms with Gasteiger partial charge in [-0.1, -0.05) is 0 Å². The topological polar surface area (TPSA) is 89.3 Å². The summed E-state index contributed by atoms with van der Waals surface area (Å²) in [5.41, 5.74) is 3.50. The molecule has 0 radical (unpaired) electrons. The number of carbonyl (C=O) groups excluding carboxylic acids is 1. The summed E-state index contributed by atoms with van der Waals surface area (Å²) in [5.74, 6) is 5.48. The largest absolute Gasteiger partial charge is 0.378 e. The Labute approximate surface area is 106 Å². The maximum atomic E-state index is 11.9. The van der Waals surface area contributed by atoms with Gasteiger partial charge in [-0.2, -0.15) is 0 Å². The summed E-state index contributed by atoms with van der Waals surface area (Å²) < 4.78 is 5.45. The van der Waals surface area contributed by atoms with Gasteiger partial charge in [-0.15, -0.1) is 0 Å². The first-order chi connectivity index (χ1) is 8.70. The first-order valence-electron chi connectivity index (χ1n) is 6.03. The summed E-state index contributed by atoms with van der Waals surface area (Å²) >= 11 is 0. The number of nitrogens with one attached hydrogen (secondary N) is 2. The molecular formula is C12H18N4O2. The Kier molecular flexibility index (Phi) is 4.11. The number of nitrogen functional groups attached to an aromatic ring is 1. The number of hydrogen-bond acceptors (Lipinski definition) is 5. The van der Waals surface area contributed by atoms with Crippen molar-refractivity contribution in [2.45, 2.75) is 19.4 Å². The molecule has 6 nitrogen and oxygen atoms in total. The quantitative estimate of drug-likeness (QED) is 0.535. The number of amides is 1. The van der Waals surface area contributed by atoms with E-state index in [0.717, 1.165) is 13.0 Å². The molecule has 1 saturated heterocycles. The highest BCUT2D eigenvalue weighted by Gasteiger charge is 2.24. The Balaban J connectivity index is 1.90. The van der Waals surface area contributed by atoms with E-state index in [-0.39, 0.29) is 12.0 Å². The highest BCUT2D eigenvalue weighted by atomic mass is 16.5. The summed E-state index contributed by atoms with van der Waals surface area (Å²) in [6, 6.07) is 3.31. The molecule has 6 heteroatoms. The lowest BCUT2D eigenvalue weighted by atomic mass is 10.0. The van der Waals surface area contributed by atoms with Crippen molar-refractivity contribution in [1.82, 2.24) is 10.3 Å². The number of hydrogen-bond donors (Lipinski definition) is 3. The Hall–Kier alpha value is -1.66. The Morgan fingerprint density at radius 3 is 3.17 bits per heavy atom. The summed E-state index contributed by atoms with van der Waals surface area (Å²) in [6.07, 6.45) is 2.74. The number of rotatable bonds is 4. The van der Waals surface area contributed by atoms with Crippen molar-refractivity contribution in [3.05, 3.63) is 24.0 Å². The van der Waals surface area contributed by atoms with E-state index < -0.39 is 0 Å². The summed E-state index contributed by atoms with van der Waals surface area (Å²) in [7, 11) is 0. The van der Waals surface area contributed by atoms with Gasteiger partial charge >= 0.3 is 0 Å². The van der Waals surface area contributed by atoms with Crippen LogP contribution in [0, 0.1) is 5.92 Å². The number of anilines is 1. The molecule has 0 bridgehead atoms. The predicted octanol–water partition coefficient (Wildman–Crippen LogP) is 0.522. The van der Waals surface area contributed by atoms with Crippen molar-refractivity contribution < 1.29 is 9.53 Å². The molecule has 1 aromatic heterocycles. The van der Waals surface area contributed by atoms with E-state index in [1.807, 2.05) is 6.92 Å². The third-order valence-corrected chi connectivity index (χ3v) is 3.22. The average molecular weight is 250 g/mol. The minimum Gasteiger partial charge on any atom is -0.378 e. The van der Waals surface area contributed by atoms with Crippen molar-refractivity contribution in [3.63, 3.8) is 0 Å². The lowest BCUT2D eigenvalue weighted by molar-refractivity contribution is 0.0903. The van der Waals surface area contributed by atoms with Crippen LogP contribution in [0.1, 0.15) is 23.8 Å². The fourth-order valence-electron chi connectivity index (χ4n) is 2.00. The number of aromatic nitrogens is 1. The first kappa shape index (κ1) is 12.8. The first-order valence-corrected chi connectivity index (χ1v) is 6.03. The van der Waals surface area contributed by atoms with Gasteiger partial charge in [0.05, 0.1) is 11.8 Å². The van der Waals surface area contributed by atoms with E-state index in [1.165, 1.54) is 0 Å². The molecule has 18 heavy (non-hydrogen) atoms. The fourth-order valence-corrected chi connectivity index (χ4v) is 2.00. The highest BCUT2D eigenvalue weighted by molar-refractivity contribution is 5.93. The van der Waals surface area contributed by atoms with Gasteiger partial charge in [0.1, 0.15) is 5.69 Å². The molecule has 1 amide bonds. The lowest BCUT2D eigenvalue weighted by Crippen LogP contribution is -2.32. The Morgan fingerprint density at radius 1 is 1.67 bits per heavy atom. The molecule has 1 aromatic rings. The minimum atomic E-state index is -0.189. The van der Waals surface area contributed by atoms with Crippen LogP contribution < -0.4 is 16.6 Å². The third kappa shape index (κ3) is 2.96. The van der Waals surface area contributed by atoms with E-state index >= 15 is 0 Å². The van der Waals surface area contributed by atoms with Crippen LogP contribution in [0.4, 0.5) is 5.69 Å². The van der Waals surface area contributed by atoms with E-state index in [4.69, 9.17) is 10.6 Å². The van der Waals surface area contributed by atoms with Gasteiger partial charge in [0.15, 0.2) is 0 Å². The summed E-state index contributed by atoms with van der Waals surface area (Å²) in [6.45, 7) is 3.41. The lowest BCUT2D eigenvalue weighted by Gasteiger charge is -2.14. The van der Waals surface area contributed by atoms with Crippen molar-refractivity contribution >= 4 is 11.6 Å². The standard InChI is InChI=1S/C12H18N4O2/c1-8-9(3-5-18-8)7-15-12(17)11-6-10(16-13)2-4-14-11/h2,4,6,8-9H,3,5,7,13H2,1H3,(H,14,16)(H,15,17). The smallest absolute Gasteiger partial charge is 0.269 e. The Bertz CT molecular complexity index is 424. The van der Waals surface area contributed by atoms with Gasteiger partial charge < -0.3 is 15.5 Å². The van der Waals surface area contributed by atoms with Crippen LogP contribution >= 0.6 is 0 Å². The van der Waals surface area contributed by atoms with Crippen molar-refractivity contribution in [1.29, 1.82) is 0 Å². The number of carbonyl (C=O) groups is 1. The molecule has 2 heterocycles. The van der Waals surface area contributed by atoms with Crippen LogP contribution in [0.5, 0.6) is 0 Å². The number of ether oxygens (including phenoxy) is 1. The van der Waals surface area contributed by atoms with Crippen molar-refractivity contribution in [3.8, 4) is 0 Å². The van der Waals surface area contributed by atoms with Gasteiger partial charge in [0.25, 0.3) is 5.91 Å². The molecular weight excluding hydrogens is 232 g/mol. The van der Waals surface area contributed by atoms with Gasteiger partial charge in [-0.3, -0.25) is 15.6 Å². The molecule has 2 atom stereocenters. The number of nitrogens with two attached hydrogens (primary N) is 1. The van der Waals surface area contributed by atoms with Crippen LogP contribution in [-0.2, 0) is 4.74 Å². The van der Waals surface area contributed by atoms with Crippen LogP contribution in [0.15, 0.2) is 18.3 Å². The van der Waals surface area contributed by atoms with E-state index in [0.29, 0.717) is 23.8 Å². The zero-order valence-corrected chi connectivity index (χ0v) is 10.3. The molecule has 1 fully saturated rings. The van der Waals surface area contributed by atoms with Crippen LogP contribution in [0.2, 0.25) is 0 Å². The monoisotopic (exact) mass is 250 g/mol. The molecule has 1 aliphatic heterocycles. The zero-order valence-electron chi connectivity index (χ0n) is 10.3. The summed E-state index contributed by atoms with van der Waals surface area (Å²) in [4.78, 5) is 15.9. The highest BCUT2D eigenvalue weighted by Crippen LogP contribution is 2.19. The van der Waals surface area contributed by atoms with Gasteiger partial charge in [0, 0.05) is 25.3 Å². The summed E-state index contributed by atoms with van der Waals surface area (Å²) in [5, 5.41) is 2.87. The number of hydrazine groups is 1. The van der Waals surface area contributed by atoms with E-state index in [2.05, 4.69) is 15.7 Å². The number of nitrogens with zero attached hydrogens (tertiary/aromatic N) is 1. The fraction of sp³-hybridized carbons (Fsp3) is 0.500. The van der Waals surface area contributed by atoms with Crippen LogP contribution in [0.3, 0.4) is 0 Å². The molecule has 98 valence electrons. The minimum absolute atomic E-state index is 0.189. The predicted molar refractivity (Wildman–Crippen MR) is 67.9 cm³/mol. The van der Waals surface area contributed by atoms with E-state index in [1.54, 1.807) is 18.3 Å². The second-order valence-electron chi connectivity index (χ2n) is 4.41. The SMILES string of the molecule is CC1OCCC1CNC(=O)c1cc(NN)ccn1. The average Bonchev–Trinajstić information content (AvgIpc) is 2.81. The molecule has 1 aliphatic rings. The number of pyridine rings is 1.